The number of quaternary nitrogens is 1. The number of halogens is 1. The second kappa shape index (κ2) is 7.38. The topological polar surface area (TPSA) is 91.1 Å². The molecule has 4 aromatic rings. The van der Waals surface area contributed by atoms with Crippen LogP contribution >= 0.6 is 11.6 Å². The summed E-state index contributed by atoms with van der Waals surface area (Å²) in [4.78, 5) is 13.9. The Morgan fingerprint density at radius 3 is 2.66 bits per heavy atom. The minimum atomic E-state index is -0.138. The van der Waals surface area contributed by atoms with Gasteiger partial charge in [-0.2, -0.15) is 4.68 Å². The van der Waals surface area contributed by atoms with E-state index < -0.39 is 0 Å². The van der Waals surface area contributed by atoms with Crippen molar-refractivity contribution in [2.45, 2.75) is 32.1 Å². The summed E-state index contributed by atoms with van der Waals surface area (Å²) in [5.41, 5.74) is 1.28. The molecule has 1 aliphatic rings. The van der Waals surface area contributed by atoms with Crippen molar-refractivity contribution in [3.8, 4) is 11.5 Å². The third-order valence-corrected chi connectivity index (χ3v) is 5.33. The Kier molecular flexibility index (Phi) is 4.57. The maximum Gasteiger partial charge on any atom is 0.282 e. The number of aromatic nitrogens is 5. The molecule has 1 aliphatic carbocycles. The van der Waals surface area contributed by atoms with Crippen molar-refractivity contribution in [2.75, 3.05) is 0 Å². The Labute approximate surface area is 170 Å². The van der Waals surface area contributed by atoms with Crippen LogP contribution in [0.25, 0.3) is 22.4 Å². The van der Waals surface area contributed by atoms with Gasteiger partial charge >= 0.3 is 0 Å². The highest BCUT2D eigenvalue weighted by molar-refractivity contribution is 6.30. The molecule has 2 heterocycles. The van der Waals surface area contributed by atoms with Crippen molar-refractivity contribution in [1.29, 1.82) is 0 Å². The zero-order valence-corrected chi connectivity index (χ0v) is 16.2. The van der Waals surface area contributed by atoms with Gasteiger partial charge in [-0.3, -0.25) is 4.79 Å². The number of fused-ring (bicyclic) bond motifs is 1. The fraction of sp³-hybridized carbons (Fsp3) is 0.250. The highest BCUT2D eigenvalue weighted by Gasteiger charge is 2.35. The lowest BCUT2D eigenvalue weighted by Gasteiger charge is -2.17. The van der Waals surface area contributed by atoms with E-state index in [1.54, 1.807) is 24.3 Å². The first-order valence-corrected chi connectivity index (χ1v) is 9.80. The average molecular weight is 410 g/mol. The zero-order chi connectivity index (χ0) is 19.8. The number of nitrogens with one attached hydrogen (secondary N) is 1. The van der Waals surface area contributed by atoms with Crippen LogP contribution in [0.4, 0.5) is 0 Å². The first-order valence-electron chi connectivity index (χ1n) is 9.43. The van der Waals surface area contributed by atoms with Crippen molar-refractivity contribution in [1.82, 2.24) is 25.2 Å². The van der Waals surface area contributed by atoms with Gasteiger partial charge in [-0.25, -0.2) is 0 Å². The van der Waals surface area contributed by atoms with Gasteiger partial charge in [0.15, 0.2) is 13.2 Å². The molecular weight excluding hydrogens is 392 g/mol. The van der Waals surface area contributed by atoms with Crippen LogP contribution in [0.15, 0.2) is 57.7 Å². The Bertz CT molecular complexity index is 1220. The quantitative estimate of drug-likeness (QED) is 0.521. The summed E-state index contributed by atoms with van der Waals surface area (Å²) in [6.07, 6.45) is 2.20. The minimum Gasteiger partial charge on any atom is -0.415 e. The van der Waals surface area contributed by atoms with Gasteiger partial charge in [-0.05, 0) is 36.4 Å². The molecule has 0 amide bonds. The number of nitrogens with zero attached hydrogens (tertiary/aromatic N) is 5. The first kappa shape index (κ1) is 18.0. The highest BCUT2D eigenvalue weighted by Crippen LogP contribution is 2.20. The predicted octanol–water partition coefficient (Wildman–Crippen LogP) is 1.70. The summed E-state index contributed by atoms with van der Waals surface area (Å²) < 4.78 is 7.27. The maximum absolute atomic E-state index is 12.8. The van der Waals surface area contributed by atoms with Crippen LogP contribution in [-0.4, -0.2) is 31.2 Å². The van der Waals surface area contributed by atoms with Crippen molar-refractivity contribution >= 4 is 22.5 Å². The monoisotopic (exact) mass is 409 g/mol. The molecule has 2 aromatic carbocycles. The molecule has 0 aliphatic heterocycles. The number of hydrogen-bond acceptors (Lipinski definition) is 6. The summed E-state index contributed by atoms with van der Waals surface area (Å²) in [5.74, 6) is 0.980. The van der Waals surface area contributed by atoms with Crippen molar-refractivity contribution < 1.29 is 9.32 Å². The van der Waals surface area contributed by atoms with Crippen molar-refractivity contribution in [3.05, 3.63) is 69.8 Å². The van der Waals surface area contributed by atoms with Gasteiger partial charge in [0.2, 0.25) is 5.89 Å². The molecule has 1 N–H and O–H groups in total. The lowest BCUT2D eigenvalue weighted by molar-refractivity contribution is -0.949. The zero-order valence-electron chi connectivity index (χ0n) is 15.5. The molecule has 1 saturated carbocycles. The lowest BCUT2D eigenvalue weighted by atomic mass is 10.2. The normalized spacial score (nSPS) is 14.9. The summed E-state index contributed by atoms with van der Waals surface area (Å²) in [7, 11) is 0. The van der Waals surface area contributed by atoms with E-state index >= 15 is 0 Å². The van der Waals surface area contributed by atoms with E-state index in [1.807, 2.05) is 24.3 Å². The standard InChI is InChI=1S/C20H17ClN6O2/c21-14-7-5-13(6-8-14)19-24-23-18(29-19)11-26(15-9-10-15)12-27-20(28)16-3-1-2-4-17(16)22-25-27/h1-8,15H,9-12H2/p+1. The molecule has 0 bridgehead atoms. The smallest absolute Gasteiger partial charge is 0.282 e. The summed E-state index contributed by atoms with van der Waals surface area (Å²) in [6.45, 7) is 0.923. The minimum absolute atomic E-state index is 0.138. The Morgan fingerprint density at radius 1 is 1.07 bits per heavy atom. The van der Waals surface area contributed by atoms with Crippen LogP contribution in [0.5, 0.6) is 0 Å². The molecule has 1 atom stereocenters. The Balaban J connectivity index is 1.37. The predicted molar refractivity (Wildman–Crippen MR) is 106 cm³/mol. The average Bonchev–Trinajstić information content (AvgIpc) is 3.49. The Morgan fingerprint density at radius 2 is 1.86 bits per heavy atom. The Hall–Kier alpha value is -3.10. The van der Waals surface area contributed by atoms with Gasteiger partial charge in [0.1, 0.15) is 5.52 Å². The van der Waals surface area contributed by atoms with E-state index in [0.29, 0.717) is 47.0 Å². The molecule has 0 spiro atoms. The molecule has 9 heteroatoms. The van der Waals surface area contributed by atoms with E-state index in [4.69, 9.17) is 16.0 Å². The van der Waals surface area contributed by atoms with Crippen LogP contribution in [0, 0.1) is 0 Å². The molecule has 1 fully saturated rings. The van der Waals surface area contributed by atoms with E-state index in [-0.39, 0.29) is 5.56 Å². The SMILES string of the molecule is O=c1c2ccccc2nnn1C[NH+](Cc1nnc(-c2ccc(Cl)cc2)o1)C1CC1. The van der Waals surface area contributed by atoms with Gasteiger partial charge in [-0.15, -0.1) is 15.3 Å². The fourth-order valence-electron chi connectivity index (χ4n) is 3.37. The summed E-state index contributed by atoms with van der Waals surface area (Å²) in [6, 6.07) is 14.9. The van der Waals surface area contributed by atoms with Crippen molar-refractivity contribution in [2.24, 2.45) is 0 Å². The molecule has 0 saturated heterocycles. The van der Waals surface area contributed by atoms with E-state index in [1.165, 1.54) is 4.68 Å². The molecule has 0 radical (unpaired) electrons. The lowest BCUT2D eigenvalue weighted by Crippen LogP contribution is -3.11. The third-order valence-electron chi connectivity index (χ3n) is 5.07. The molecule has 146 valence electrons. The highest BCUT2D eigenvalue weighted by atomic mass is 35.5. The number of rotatable bonds is 6. The van der Waals surface area contributed by atoms with E-state index in [0.717, 1.165) is 23.3 Å². The third kappa shape index (κ3) is 3.76. The number of benzene rings is 2. The fourth-order valence-corrected chi connectivity index (χ4v) is 3.49. The van der Waals surface area contributed by atoms with Gasteiger partial charge in [0.05, 0.1) is 11.4 Å². The second-order valence-corrected chi connectivity index (χ2v) is 7.62. The number of hydrogen-bond donors (Lipinski definition) is 1. The molecule has 2 aromatic heterocycles. The second-order valence-electron chi connectivity index (χ2n) is 7.19. The molecule has 8 nitrogen and oxygen atoms in total. The molecule has 5 rings (SSSR count). The summed E-state index contributed by atoms with van der Waals surface area (Å²) >= 11 is 5.93. The van der Waals surface area contributed by atoms with Gasteiger partial charge in [0.25, 0.3) is 11.4 Å². The van der Waals surface area contributed by atoms with Gasteiger partial charge in [0, 0.05) is 23.4 Å². The molecular formula is C20H18ClN6O2+. The maximum atomic E-state index is 12.8. The molecule has 29 heavy (non-hydrogen) atoms. The van der Waals surface area contributed by atoms with Crippen LogP contribution < -0.4 is 10.5 Å². The largest absolute Gasteiger partial charge is 0.415 e. The molecule has 1 unspecified atom stereocenters. The van der Waals surface area contributed by atoms with E-state index in [9.17, 15) is 4.79 Å². The summed E-state index contributed by atoms with van der Waals surface area (Å²) in [5, 5.41) is 17.8. The van der Waals surface area contributed by atoms with Crippen LogP contribution in [0.1, 0.15) is 18.7 Å². The van der Waals surface area contributed by atoms with Gasteiger partial charge in [-0.1, -0.05) is 28.9 Å². The van der Waals surface area contributed by atoms with E-state index in [2.05, 4.69) is 20.5 Å². The first-order chi connectivity index (χ1) is 14.2. The van der Waals surface area contributed by atoms with Crippen molar-refractivity contribution in [3.63, 3.8) is 0 Å². The van der Waals surface area contributed by atoms with Crippen LogP contribution in [-0.2, 0) is 13.2 Å². The van der Waals surface area contributed by atoms with Gasteiger partial charge < -0.3 is 9.32 Å². The van der Waals surface area contributed by atoms with Crippen LogP contribution in [0.2, 0.25) is 5.02 Å². The van der Waals surface area contributed by atoms with Crippen LogP contribution in [0.3, 0.4) is 0 Å².